The number of pyridine rings is 1. The minimum absolute atomic E-state index is 0.282. The van der Waals surface area contributed by atoms with E-state index in [4.69, 9.17) is 9.72 Å². The zero-order valence-corrected chi connectivity index (χ0v) is 20.6. The van der Waals surface area contributed by atoms with Crippen LogP contribution in [0.5, 0.6) is 0 Å². The van der Waals surface area contributed by atoms with E-state index >= 15 is 0 Å². The van der Waals surface area contributed by atoms with Crippen LogP contribution in [0.3, 0.4) is 0 Å². The zero-order valence-electron chi connectivity index (χ0n) is 20.6. The van der Waals surface area contributed by atoms with Gasteiger partial charge in [-0.1, -0.05) is 0 Å². The summed E-state index contributed by atoms with van der Waals surface area (Å²) in [7, 11) is 1.82. The molecule has 3 N–H and O–H groups in total. The lowest BCUT2D eigenvalue weighted by Gasteiger charge is -2.26. The fourth-order valence-electron chi connectivity index (χ4n) is 5.58. The van der Waals surface area contributed by atoms with Crippen LogP contribution in [0, 0.1) is 0 Å². The number of fused-ring (bicyclic) bond motifs is 2. The van der Waals surface area contributed by atoms with Crippen molar-refractivity contribution in [3.63, 3.8) is 0 Å². The van der Waals surface area contributed by atoms with Crippen molar-refractivity contribution in [3.8, 4) is 11.3 Å². The highest BCUT2D eigenvalue weighted by Crippen LogP contribution is 2.35. The molecule has 2 fully saturated rings. The summed E-state index contributed by atoms with van der Waals surface area (Å²) in [4.78, 5) is 22.9. The number of ether oxygens (including phenoxy) is 1. The largest absolute Gasteiger partial charge is 0.388 e. The van der Waals surface area contributed by atoms with E-state index in [1.54, 1.807) is 17.6 Å². The van der Waals surface area contributed by atoms with Crippen molar-refractivity contribution in [1.29, 1.82) is 0 Å². The van der Waals surface area contributed by atoms with Crippen molar-refractivity contribution in [1.82, 2.24) is 29.5 Å². The molecule has 10 nitrogen and oxygen atoms in total. The van der Waals surface area contributed by atoms with Gasteiger partial charge in [-0.05, 0) is 51.2 Å². The number of carbonyl (C=O) groups excluding carboxylic acids is 1. The number of nitrogens with zero attached hydrogens (tertiary/aromatic N) is 5. The van der Waals surface area contributed by atoms with E-state index < -0.39 is 5.60 Å². The van der Waals surface area contributed by atoms with Crippen molar-refractivity contribution >= 4 is 28.4 Å². The fraction of sp³-hybridized carbons (Fsp3) is 0.462. The lowest BCUT2D eigenvalue weighted by Crippen LogP contribution is -2.47. The van der Waals surface area contributed by atoms with Crippen LogP contribution in [0.2, 0.25) is 0 Å². The molecule has 1 aliphatic heterocycles. The average molecular weight is 490 g/mol. The smallest absolute Gasteiger partial charge is 0.257 e. The number of aromatic nitrogens is 5. The molecule has 1 saturated carbocycles. The van der Waals surface area contributed by atoms with Crippen LogP contribution in [0.25, 0.3) is 27.9 Å². The lowest BCUT2D eigenvalue weighted by molar-refractivity contribution is 0.0368. The molecule has 1 amide bonds. The Bertz CT molecular complexity index is 1430. The first-order chi connectivity index (χ1) is 17.5. The van der Waals surface area contributed by atoms with Gasteiger partial charge in [-0.15, -0.1) is 0 Å². The van der Waals surface area contributed by atoms with Gasteiger partial charge in [0.1, 0.15) is 17.0 Å². The van der Waals surface area contributed by atoms with Crippen LogP contribution in [0.4, 0.5) is 5.82 Å². The summed E-state index contributed by atoms with van der Waals surface area (Å²) in [5.74, 6) is 0.438. The van der Waals surface area contributed by atoms with Crippen LogP contribution in [-0.4, -0.2) is 67.1 Å². The molecule has 0 radical (unpaired) electrons. The molecule has 0 spiro atoms. The number of hydrogen-bond donors (Lipinski definition) is 3. The monoisotopic (exact) mass is 489 g/mol. The number of amides is 1. The molecule has 0 bridgehead atoms. The molecule has 10 heteroatoms. The van der Waals surface area contributed by atoms with Crippen LogP contribution >= 0.6 is 0 Å². The predicted octanol–water partition coefficient (Wildman–Crippen LogP) is 3.17. The molecule has 0 unspecified atom stereocenters. The summed E-state index contributed by atoms with van der Waals surface area (Å²) in [5, 5.41) is 22.3. The van der Waals surface area contributed by atoms with Gasteiger partial charge in [-0.3, -0.25) is 4.79 Å². The predicted molar refractivity (Wildman–Crippen MR) is 136 cm³/mol. The summed E-state index contributed by atoms with van der Waals surface area (Å²) in [6.45, 7) is 3.25. The maximum absolute atomic E-state index is 13.3. The van der Waals surface area contributed by atoms with Gasteiger partial charge in [0.25, 0.3) is 5.91 Å². The number of rotatable bonds is 5. The molecule has 6 rings (SSSR count). The van der Waals surface area contributed by atoms with Gasteiger partial charge in [0.2, 0.25) is 0 Å². The highest BCUT2D eigenvalue weighted by atomic mass is 16.5. The first kappa shape index (κ1) is 22.9. The molecule has 1 aliphatic carbocycles. The molecule has 0 aromatic carbocycles. The normalized spacial score (nSPS) is 22.9. The van der Waals surface area contributed by atoms with Crippen LogP contribution in [0.15, 0.2) is 36.8 Å². The fourth-order valence-corrected chi connectivity index (χ4v) is 5.58. The summed E-state index contributed by atoms with van der Waals surface area (Å²) in [5.41, 5.74) is 2.53. The highest BCUT2D eigenvalue weighted by molar-refractivity contribution is 6.01. The minimum atomic E-state index is -0.910. The average Bonchev–Trinajstić information content (AvgIpc) is 3.59. The first-order valence-electron chi connectivity index (χ1n) is 12.6. The van der Waals surface area contributed by atoms with Crippen molar-refractivity contribution in [2.75, 3.05) is 25.6 Å². The van der Waals surface area contributed by atoms with Crippen LogP contribution < -0.4 is 10.6 Å². The Morgan fingerprint density at radius 1 is 1.25 bits per heavy atom. The highest BCUT2D eigenvalue weighted by Gasteiger charge is 2.38. The Hall–Kier alpha value is -3.50. The maximum atomic E-state index is 13.3. The second-order valence-corrected chi connectivity index (χ2v) is 10.0. The standard InChI is InChI=1S/C26H31N7O3/c1-26(35)9-3-6-21(26)31-25(34)18-14-29-33-22(27-2)13-20(30-24(18)33)19-15-32(16-7-11-36-12-8-16)23-17(19)5-4-10-28-23/h4-5,10,13-16,21,27,35H,3,6-9,11-12H2,1-2H3,(H,31,34)/t21-,26-/m1/s1. The molecule has 1 saturated heterocycles. The van der Waals surface area contributed by atoms with E-state index in [9.17, 15) is 9.90 Å². The molecule has 188 valence electrons. The van der Waals surface area contributed by atoms with Crippen molar-refractivity contribution < 1.29 is 14.6 Å². The lowest BCUT2D eigenvalue weighted by atomic mass is 10.0. The van der Waals surface area contributed by atoms with E-state index in [0.717, 1.165) is 67.0 Å². The molecule has 4 aromatic heterocycles. The zero-order chi connectivity index (χ0) is 24.9. The van der Waals surface area contributed by atoms with Gasteiger partial charge in [0.05, 0.1) is 23.5 Å². The quantitative estimate of drug-likeness (QED) is 0.394. The number of carbonyl (C=O) groups is 1. The second kappa shape index (κ2) is 8.86. The van der Waals surface area contributed by atoms with Gasteiger partial charge in [-0.25, -0.2) is 9.97 Å². The van der Waals surface area contributed by atoms with E-state index in [1.165, 1.54) is 0 Å². The first-order valence-corrected chi connectivity index (χ1v) is 12.6. The minimum Gasteiger partial charge on any atom is -0.388 e. The molecule has 2 aliphatic rings. The van der Waals surface area contributed by atoms with Gasteiger partial charge in [0, 0.05) is 55.7 Å². The second-order valence-electron chi connectivity index (χ2n) is 10.0. The molecule has 36 heavy (non-hydrogen) atoms. The number of nitrogens with one attached hydrogen (secondary N) is 2. The van der Waals surface area contributed by atoms with Gasteiger partial charge < -0.3 is 25.0 Å². The molecule has 2 atom stereocenters. The number of aliphatic hydroxyl groups is 1. The van der Waals surface area contributed by atoms with Crippen LogP contribution in [0.1, 0.15) is 55.4 Å². The van der Waals surface area contributed by atoms with Gasteiger partial charge in [-0.2, -0.15) is 9.61 Å². The van der Waals surface area contributed by atoms with Crippen molar-refractivity contribution in [3.05, 3.63) is 42.4 Å². The van der Waals surface area contributed by atoms with E-state index in [0.29, 0.717) is 23.7 Å². The molecule has 5 heterocycles. The Labute approximate surface area is 208 Å². The maximum Gasteiger partial charge on any atom is 0.257 e. The van der Waals surface area contributed by atoms with Gasteiger partial charge in [0.15, 0.2) is 5.65 Å². The molecular weight excluding hydrogens is 458 g/mol. The Morgan fingerprint density at radius 3 is 2.83 bits per heavy atom. The van der Waals surface area contributed by atoms with Crippen molar-refractivity contribution in [2.45, 2.75) is 56.7 Å². The summed E-state index contributed by atoms with van der Waals surface area (Å²) < 4.78 is 9.45. The number of hydrogen-bond acceptors (Lipinski definition) is 7. The summed E-state index contributed by atoms with van der Waals surface area (Å²) >= 11 is 0. The van der Waals surface area contributed by atoms with E-state index in [1.807, 2.05) is 25.4 Å². The Balaban J connectivity index is 1.44. The summed E-state index contributed by atoms with van der Waals surface area (Å²) in [6.07, 6.45) is 9.65. The van der Waals surface area contributed by atoms with E-state index in [2.05, 4.69) is 37.5 Å². The Morgan fingerprint density at radius 2 is 2.08 bits per heavy atom. The number of anilines is 1. The third kappa shape index (κ3) is 3.81. The van der Waals surface area contributed by atoms with Crippen molar-refractivity contribution in [2.24, 2.45) is 0 Å². The SMILES string of the molecule is CNc1cc(-c2cn(C3CCOCC3)c3ncccc23)nc2c(C(=O)N[C@@H]3CCC[C@@]3(C)O)cnn12. The molecular formula is C26H31N7O3. The summed E-state index contributed by atoms with van der Waals surface area (Å²) in [6, 6.07) is 5.95. The van der Waals surface area contributed by atoms with E-state index in [-0.39, 0.29) is 11.9 Å². The third-order valence-corrected chi connectivity index (χ3v) is 7.65. The topological polar surface area (TPSA) is 119 Å². The molecule has 4 aromatic rings. The third-order valence-electron chi connectivity index (χ3n) is 7.65. The van der Waals surface area contributed by atoms with Gasteiger partial charge >= 0.3 is 0 Å². The Kier molecular flexibility index (Phi) is 5.65. The van der Waals surface area contributed by atoms with Crippen LogP contribution in [-0.2, 0) is 4.74 Å².